The fourth-order valence-electron chi connectivity index (χ4n) is 2.29. The van der Waals surface area contributed by atoms with Gasteiger partial charge in [-0.2, -0.15) is 0 Å². The number of benzene rings is 1. The maximum Gasteiger partial charge on any atom is 0.319 e. The third-order valence-electron chi connectivity index (χ3n) is 3.46. The van der Waals surface area contributed by atoms with Crippen LogP contribution in [0.4, 0.5) is 10.5 Å². The summed E-state index contributed by atoms with van der Waals surface area (Å²) in [6.45, 7) is 0.316. The van der Waals surface area contributed by atoms with Crippen LogP contribution in [0.2, 0.25) is 5.02 Å². The third-order valence-corrected chi connectivity index (χ3v) is 3.70. The first-order valence-corrected chi connectivity index (χ1v) is 7.89. The van der Waals surface area contributed by atoms with Gasteiger partial charge in [0.05, 0.1) is 19.1 Å². The van der Waals surface area contributed by atoms with E-state index in [1.807, 2.05) is 18.2 Å². The van der Waals surface area contributed by atoms with E-state index in [-0.39, 0.29) is 6.03 Å². The van der Waals surface area contributed by atoms with Gasteiger partial charge in [0.2, 0.25) is 0 Å². The quantitative estimate of drug-likeness (QED) is 0.712. The van der Waals surface area contributed by atoms with Crippen LogP contribution in [0.3, 0.4) is 0 Å². The first-order chi connectivity index (χ1) is 12.2. The van der Waals surface area contributed by atoms with Crippen LogP contribution in [0.15, 0.2) is 59.5 Å². The van der Waals surface area contributed by atoms with Gasteiger partial charge < -0.3 is 19.8 Å². The van der Waals surface area contributed by atoms with E-state index in [1.165, 1.54) is 7.11 Å². The molecule has 3 rings (SSSR count). The molecule has 6 nitrogen and oxygen atoms in total. The molecule has 0 fully saturated rings. The zero-order valence-electron chi connectivity index (χ0n) is 13.5. The summed E-state index contributed by atoms with van der Waals surface area (Å²) in [6.07, 6.45) is 5.00. The molecule has 0 spiro atoms. The number of furan rings is 1. The Morgan fingerprint density at radius 2 is 2.16 bits per heavy atom. The number of halogens is 1. The zero-order valence-corrected chi connectivity index (χ0v) is 14.2. The standard InChI is InChI=1S/C18H16ClN3O3/c1-24-17-5-4-14(19)8-15(17)22-18(23)21-10-12-7-13(11-20-9-12)16-3-2-6-25-16/h2-9,11H,10H2,1H3,(H2,21,22,23). The number of urea groups is 1. The molecule has 2 heterocycles. The number of nitrogens with zero attached hydrogens (tertiary/aromatic N) is 1. The van der Waals surface area contributed by atoms with Crippen LogP contribution in [-0.4, -0.2) is 18.1 Å². The normalized spacial score (nSPS) is 10.3. The number of anilines is 1. The minimum atomic E-state index is -0.371. The highest BCUT2D eigenvalue weighted by Gasteiger charge is 2.09. The van der Waals surface area contributed by atoms with Gasteiger partial charge in [0.15, 0.2) is 0 Å². The van der Waals surface area contributed by atoms with Crippen molar-refractivity contribution in [1.29, 1.82) is 0 Å². The molecule has 2 N–H and O–H groups in total. The first-order valence-electron chi connectivity index (χ1n) is 7.52. The lowest BCUT2D eigenvalue weighted by Crippen LogP contribution is -2.28. The highest BCUT2D eigenvalue weighted by atomic mass is 35.5. The largest absolute Gasteiger partial charge is 0.495 e. The molecule has 3 aromatic rings. The van der Waals surface area contributed by atoms with Gasteiger partial charge in [-0.25, -0.2) is 4.79 Å². The predicted octanol–water partition coefficient (Wildman–Crippen LogP) is 4.33. The van der Waals surface area contributed by atoms with Gasteiger partial charge >= 0.3 is 6.03 Å². The molecule has 0 saturated carbocycles. The van der Waals surface area contributed by atoms with E-state index in [2.05, 4.69) is 15.6 Å². The summed E-state index contributed by atoms with van der Waals surface area (Å²) >= 11 is 5.95. The van der Waals surface area contributed by atoms with E-state index in [1.54, 1.807) is 36.9 Å². The second kappa shape index (κ2) is 7.72. The second-order valence-electron chi connectivity index (χ2n) is 5.21. The fourth-order valence-corrected chi connectivity index (χ4v) is 2.46. The van der Waals surface area contributed by atoms with Gasteiger partial charge in [0.1, 0.15) is 11.5 Å². The molecule has 1 aromatic carbocycles. The first kappa shape index (κ1) is 16.9. The molecule has 0 radical (unpaired) electrons. The van der Waals surface area contributed by atoms with Crippen molar-refractivity contribution in [3.05, 3.63) is 65.6 Å². The average molecular weight is 358 g/mol. The summed E-state index contributed by atoms with van der Waals surface area (Å²) in [5.41, 5.74) is 2.19. The Kier molecular flexibility index (Phi) is 5.20. The summed E-state index contributed by atoms with van der Waals surface area (Å²) < 4.78 is 10.5. The SMILES string of the molecule is COc1ccc(Cl)cc1NC(=O)NCc1cncc(-c2ccco2)c1. The van der Waals surface area contributed by atoms with Gasteiger partial charge in [0.25, 0.3) is 0 Å². The summed E-state index contributed by atoms with van der Waals surface area (Å²) in [6, 6.07) is 10.2. The summed E-state index contributed by atoms with van der Waals surface area (Å²) in [5, 5.41) is 5.99. The Bertz CT molecular complexity index is 866. The summed E-state index contributed by atoms with van der Waals surface area (Å²) in [4.78, 5) is 16.3. The minimum Gasteiger partial charge on any atom is -0.495 e. The van der Waals surface area contributed by atoms with Gasteiger partial charge in [-0.15, -0.1) is 0 Å². The lowest BCUT2D eigenvalue weighted by Gasteiger charge is -2.11. The lowest BCUT2D eigenvalue weighted by molar-refractivity contribution is 0.251. The lowest BCUT2D eigenvalue weighted by atomic mass is 10.1. The topological polar surface area (TPSA) is 76.4 Å². The molecular weight excluding hydrogens is 342 g/mol. The molecule has 2 aromatic heterocycles. The maximum atomic E-state index is 12.1. The molecule has 0 bridgehead atoms. The van der Waals surface area contributed by atoms with Gasteiger partial charge in [0, 0.05) is 29.5 Å². The Balaban J connectivity index is 1.63. The number of aromatic nitrogens is 1. The predicted molar refractivity (Wildman–Crippen MR) is 95.8 cm³/mol. The van der Waals surface area contributed by atoms with E-state index < -0.39 is 0 Å². The van der Waals surface area contributed by atoms with Gasteiger partial charge in [-0.3, -0.25) is 4.98 Å². The Hall–Kier alpha value is -2.99. The second-order valence-corrected chi connectivity index (χ2v) is 5.65. The van der Waals surface area contributed by atoms with Gasteiger partial charge in [-0.1, -0.05) is 11.6 Å². The average Bonchev–Trinajstić information content (AvgIpc) is 3.15. The fraction of sp³-hybridized carbons (Fsp3) is 0.111. The maximum absolute atomic E-state index is 12.1. The molecular formula is C18H16ClN3O3. The van der Waals surface area contributed by atoms with E-state index >= 15 is 0 Å². The Morgan fingerprint density at radius 3 is 2.92 bits per heavy atom. The molecule has 128 valence electrons. The van der Waals surface area contributed by atoms with E-state index in [9.17, 15) is 4.79 Å². The number of ether oxygens (including phenoxy) is 1. The van der Waals surface area contributed by atoms with Crippen LogP contribution in [0.25, 0.3) is 11.3 Å². The van der Waals surface area contributed by atoms with Crippen molar-refractivity contribution in [1.82, 2.24) is 10.3 Å². The number of nitrogens with one attached hydrogen (secondary N) is 2. The number of amides is 2. The van der Waals surface area contributed by atoms with Crippen LogP contribution in [0.5, 0.6) is 5.75 Å². The molecule has 0 aliphatic rings. The van der Waals surface area contributed by atoms with Crippen LogP contribution >= 0.6 is 11.6 Å². The molecule has 0 atom stereocenters. The molecule has 0 saturated heterocycles. The molecule has 0 aliphatic carbocycles. The molecule has 0 unspecified atom stereocenters. The zero-order chi connectivity index (χ0) is 17.6. The molecule has 2 amide bonds. The number of hydrogen-bond acceptors (Lipinski definition) is 4. The van der Waals surface area contributed by atoms with Crippen LogP contribution in [0.1, 0.15) is 5.56 Å². The number of carbonyl (C=O) groups excluding carboxylic acids is 1. The summed E-state index contributed by atoms with van der Waals surface area (Å²) in [5.74, 6) is 1.25. The number of rotatable bonds is 5. The number of hydrogen-bond donors (Lipinski definition) is 2. The number of methoxy groups -OCH3 is 1. The van der Waals surface area contributed by atoms with Gasteiger partial charge in [-0.05, 0) is 42.0 Å². The highest BCUT2D eigenvalue weighted by Crippen LogP contribution is 2.27. The van der Waals surface area contributed by atoms with Crippen molar-refractivity contribution in [2.75, 3.05) is 12.4 Å². The number of carbonyl (C=O) groups is 1. The Morgan fingerprint density at radius 1 is 1.28 bits per heavy atom. The molecule has 0 aliphatic heterocycles. The van der Waals surface area contributed by atoms with E-state index in [0.29, 0.717) is 23.0 Å². The van der Waals surface area contributed by atoms with E-state index in [0.717, 1.165) is 16.9 Å². The highest BCUT2D eigenvalue weighted by molar-refractivity contribution is 6.31. The third kappa shape index (κ3) is 4.30. The molecule has 7 heteroatoms. The number of pyridine rings is 1. The van der Waals surface area contributed by atoms with Crippen molar-refractivity contribution < 1.29 is 13.9 Å². The van der Waals surface area contributed by atoms with E-state index in [4.69, 9.17) is 20.8 Å². The van der Waals surface area contributed by atoms with Crippen molar-refractivity contribution in [2.24, 2.45) is 0 Å². The van der Waals surface area contributed by atoms with Crippen molar-refractivity contribution in [3.63, 3.8) is 0 Å². The minimum absolute atomic E-state index is 0.316. The monoisotopic (exact) mass is 357 g/mol. The van der Waals surface area contributed by atoms with Crippen LogP contribution in [-0.2, 0) is 6.54 Å². The van der Waals surface area contributed by atoms with Crippen molar-refractivity contribution >= 4 is 23.3 Å². The smallest absolute Gasteiger partial charge is 0.319 e. The van der Waals surface area contributed by atoms with Crippen LogP contribution < -0.4 is 15.4 Å². The van der Waals surface area contributed by atoms with Crippen molar-refractivity contribution in [3.8, 4) is 17.1 Å². The summed E-state index contributed by atoms with van der Waals surface area (Å²) in [7, 11) is 1.53. The molecule has 25 heavy (non-hydrogen) atoms. The van der Waals surface area contributed by atoms with Crippen molar-refractivity contribution in [2.45, 2.75) is 6.54 Å². The van der Waals surface area contributed by atoms with Crippen LogP contribution in [0, 0.1) is 0 Å². The Labute approximate surface area is 149 Å².